The highest BCUT2D eigenvalue weighted by Crippen LogP contribution is 2.18. The first-order chi connectivity index (χ1) is 13.5. The molecule has 0 aromatic carbocycles. The summed E-state index contributed by atoms with van der Waals surface area (Å²) >= 11 is 1.68. The number of carbonyl (C=O) groups excluding carboxylic acids is 3. The second-order valence-corrected chi connectivity index (χ2v) is 7.49. The van der Waals surface area contributed by atoms with Gasteiger partial charge in [0, 0.05) is 25.8 Å². The first-order valence-corrected chi connectivity index (χ1v) is 10.6. The molecular weight excluding hydrogens is 380 g/mol. The number of rotatable bonds is 8. The molecule has 10 heteroatoms. The van der Waals surface area contributed by atoms with Crippen molar-refractivity contribution in [1.82, 2.24) is 29.7 Å². The van der Waals surface area contributed by atoms with Gasteiger partial charge < -0.3 is 15.1 Å². The predicted molar refractivity (Wildman–Crippen MR) is 106 cm³/mol. The van der Waals surface area contributed by atoms with E-state index in [-0.39, 0.29) is 18.5 Å². The lowest BCUT2D eigenvalue weighted by atomic mass is 10.2. The van der Waals surface area contributed by atoms with Gasteiger partial charge >= 0.3 is 11.8 Å². The average molecular weight is 404 g/mol. The van der Waals surface area contributed by atoms with Crippen LogP contribution in [0.4, 0.5) is 0 Å². The Kier molecular flexibility index (Phi) is 6.50. The van der Waals surface area contributed by atoms with Crippen LogP contribution < -0.4 is 5.32 Å². The van der Waals surface area contributed by atoms with Crippen LogP contribution in [-0.4, -0.2) is 80.3 Å². The summed E-state index contributed by atoms with van der Waals surface area (Å²) in [4.78, 5) is 39.7. The number of piperazine rings is 1. The number of likely N-dealkylation sites (N-methyl/N-ethyl adjacent to an activating group) is 1. The number of pyridine rings is 1. The summed E-state index contributed by atoms with van der Waals surface area (Å²) in [5.41, 5.74) is 0.706. The topological polar surface area (TPSA) is 99.9 Å². The Balaban J connectivity index is 1.70. The van der Waals surface area contributed by atoms with E-state index in [0.717, 1.165) is 5.75 Å². The van der Waals surface area contributed by atoms with Crippen LogP contribution in [0.2, 0.25) is 0 Å². The van der Waals surface area contributed by atoms with Crippen LogP contribution in [0.1, 0.15) is 25.2 Å². The molecule has 3 amide bonds. The third-order valence-electron chi connectivity index (χ3n) is 4.71. The number of amides is 3. The van der Waals surface area contributed by atoms with E-state index in [2.05, 4.69) is 15.5 Å². The third-order valence-corrected chi connectivity index (χ3v) is 5.35. The molecule has 1 saturated heterocycles. The maximum atomic E-state index is 12.6. The Morgan fingerprint density at radius 1 is 1.21 bits per heavy atom. The first kappa shape index (κ1) is 20.1. The summed E-state index contributed by atoms with van der Waals surface area (Å²) in [5, 5.41) is 11.4. The number of aromatic nitrogens is 3. The van der Waals surface area contributed by atoms with E-state index in [1.807, 2.05) is 42.0 Å². The van der Waals surface area contributed by atoms with Crippen molar-refractivity contribution in [3.8, 4) is 0 Å². The van der Waals surface area contributed by atoms with Crippen LogP contribution in [0.15, 0.2) is 24.4 Å². The molecule has 1 unspecified atom stereocenters. The van der Waals surface area contributed by atoms with Crippen molar-refractivity contribution in [3.05, 3.63) is 30.2 Å². The molecule has 3 rings (SSSR count). The molecule has 3 heterocycles. The van der Waals surface area contributed by atoms with Crippen LogP contribution in [0.25, 0.3) is 5.65 Å². The number of thioether (sulfide) groups is 1. The largest absolute Gasteiger partial charge is 0.344 e. The van der Waals surface area contributed by atoms with Gasteiger partial charge in [0.2, 0.25) is 5.91 Å². The van der Waals surface area contributed by atoms with Crippen molar-refractivity contribution in [2.75, 3.05) is 38.2 Å². The van der Waals surface area contributed by atoms with Gasteiger partial charge in [-0.05, 0) is 37.5 Å². The van der Waals surface area contributed by atoms with Gasteiger partial charge in [0.25, 0.3) is 0 Å². The Morgan fingerprint density at radius 2 is 1.96 bits per heavy atom. The number of nitrogens with one attached hydrogen (secondary N) is 1. The van der Waals surface area contributed by atoms with Gasteiger partial charge in [-0.25, -0.2) is 0 Å². The number of hydrogen-bond acceptors (Lipinski definition) is 6. The molecule has 1 aliphatic heterocycles. The van der Waals surface area contributed by atoms with Crippen molar-refractivity contribution in [2.45, 2.75) is 19.4 Å². The summed E-state index contributed by atoms with van der Waals surface area (Å²) < 4.78 is 1.85. The van der Waals surface area contributed by atoms with Crippen molar-refractivity contribution >= 4 is 35.1 Å². The number of carbonyl (C=O) groups is 3. The van der Waals surface area contributed by atoms with Gasteiger partial charge in [0.05, 0.1) is 6.04 Å². The second kappa shape index (κ2) is 9.05. The Morgan fingerprint density at radius 3 is 2.71 bits per heavy atom. The molecule has 0 aliphatic carbocycles. The molecule has 0 radical (unpaired) electrons. The van der Waals surface area contributed by atoms with E-state index in [9.17, 15) is 14.4 Å². The van der Waals surface area contributed by atoms with Crippen LogP contribution >= 0.6 is 11.8 Å². The highest BCUT2D eigenvalue weighted by molar-refractivity contribution is 7.98. The predicted octanol–water partition coefficient (Wildman–Crippen LogP) is 0.330. The van der Waals surface area contributed by atoms with Crippen molar-refractivity contribution in [2.24, 2.45) is 0 Å². The van der Waals surface area contributed by atoms with Crippen LogP contribution in [-0.2, 0) is 14.4 Å². The molecule has 9 nitrogen and oxygen atoms in total. The van der Waals surface area contributed by atoms with Crippen molar-refractivity contribution in [1.29, 1.82) is 0 Å². The highest BCUT2D eigenvalue weighted by Gasteiger charge is 2.33. The molecule has 0 bridgehead atoms. The molecule has 1 aliphatic rings. The van der Waals surface area contributed by atoms with Crippen molar-refractivity contribution < 1.29 is 14.4 Å². The van der Waals surface area contributed by atoms with Gasteiger partial charge in [0.15, 0.2) is 11.5 Å². The van der Waals surface area contributed by atoms with Crippen molar-refractivity contribution in [3.63, 3.8) is 0 Å². The van der Waals surface area contributed by atoms with Crippen LogP contribution in [0, 0.1) is 0 Å². The molecule has 2 aromatic heterocycles. The maximum Gasteiger partial charge on any atom is 0.312 e. The van der Waals surface area contributed by atoms with E-state index >= 15 is 0 Å². The van der Waals surface area contributed by atoms with E-state index in [1.165, 1.54) is 9.80 Å². The van der Waals surface area contributed by atoms with Gasteiger partial charge in [0.1, 0.15) is 6.54 Å². The SMILES string of the molecule is CCN1CCN(CC(=O)NC(CCSC)c2nnc3ccccn23)C(=O)C1=O. The van der Waals surface area contributed by atoms with E-state index in [1.54, 1.807) is 11.8 Å². The lowest BCUT2D eigenvalue weighted by Crippen LogP contribution is -2.56. The van der Waals surface area contributed by atoms with Gasteiger partial charge in [-0.2, -0.15) is 11.8 Å². The molecule has 0 spiro atoms. The maximum absolute atomic E-state index is 12.6. The van der Waals surface area contributed by atoms with Gasteiger partial charge in [-0.15, -0.1) is 10.2 Å². The van der Waals surface area contributed by atoms with Crippen LogP contribution in [0.3, 0.4) is 0 Å². The van der Waals surface area contributed by atoms with Gasteiger partial charge in [-0.1, -0.05) is 6.07 Å². The van der Waals surface area contributed by atoms with E-state index in [4.69, 9.17) is 0 Å². The summed E-state index contributed by atoms with van der Waals surface area (Å²) in [6, 6.07) is 5.27. The molecule has 1 atom stereocenters. The normalized spacial score (nSPS) is 15.9. The summed E-state index contributed by atoms with van der Waals surface area (Å²) in [6.45, 7) is 2.97. The second-order valence-electron chi connectivity index (χ2n) is 6.50. The minimum Gasteiger partial charge on any atom is -0.344 e. The zero-order chi connectivity index (χ0) is 20.1. The Labute approximate surface area is 167 Å². The molecule has 2 aromatic rings. The smallest absolute Gasteiger partial charge is 0.312 e. The number of hydrogen-bond donors (Lipinski definition) is 1. The summed E-state index contributed by atoms with van der Waals surface area (Å²) in [6.07, 6.45) is 4.53. The standard InChI is InChI=1S/C18H24N6O3S/c1-3-22-9-10-23(18(27)17(22)26)12-15(25)19-13(7-11-28-2)16-21-20-14-6-4-5-8-24(14)16/h4-6,8,13H,3,7,9-12H2,1-2H3,(H,19,25). The lowest BCUT2D eigenvalue weighted by molar-refractivity contribution is -0.156. The Bertz CT molecular complexity index is 870. The molecule has 150 valence electrons. The minimum absolute atomic E-state index is 0.144. The summed E-state index contributed by atoms with van der Waals surface area (Å²) in [7, 11) is 0. The van der Waals surface area contributed by atoms with Gasteiger partial charge in [-0.3, -0.25) is 18.8 Å². The van der Waals surface area contributed by atoms with E-state index < -0.39 is 11.8 Å². The summed E-state index contributed by atoms with van der Waals surface area (Å²) in [5.74, 6) is -0.0129. The molecule has 1 fully saturated rings. The fraction of sp³-hybridized carbons (Fsp3) is 0.500. The Hall–Kier alpha value is -2.62. The lowest BCUT2D eigenvalue weighted by Gasteiger charge is -2.32. The number of fused-ring (bicyclic) bond motifs is 1. The van der Waals surface area contributed by atoms with Crippen LogP contribution in [0.5, 0.6) is 0 Å². The monoisotopic (exact) mass is 404 g/mol. The average Bonchev–Trinajstić information content (AvgIpc) is 3.13. The quantitative estimate of drug-likeness (QED) is 0.637. The minimum atomic E-state index is -0.628. The molecule has 1 N–H and O–H groups in total. The zero-order valence-corrected chi connectivity index (χ0v) is 16.8. The van der Waals surface area contributed by atoms with E-state index in [0.29, 0.717) is 37.5 Å². The highest BCUT2D eigenvalue weighted by atomic mass is 32.2. The molecule has 28 heavy (non-hydrogen) atoms. The fourth-order valence-corrected chi connectivity index (χ4v) is 3.65. The molecular formula is C18H24N6O3S. The number of nitrogens with zero attached hydrogens (tertiary/aromatic N) is 5. The fourth-order valence-electron chi connectivity index (χ4n) is 3.18. The first-order valence-electron chi connectivity index (χ1n) is 9.21. The third kappa shape index (κ3) is 4.27. The zero-order valence-electron chi connectivity index (χ0n) is 16.0. The molecule has 0 saturated carbocycles.